The van der Waals surface area contributed by atoms with Crippen LogP contribution in [0, 0.1) is 29.5 Å². The van der Waals surface area contributed by atoms with E-state index in [2.05, 4.69) is 42.4 Å². The molecule has 16 nitrogen and oxygen atoms in total. The first-order valence-corrected chi connectivity index (χ1v) is 21.7. The van der Waals surface area contributed by atoms with E-state index in [-0.39, 0.29) is 35.7 Å². The molecule has 8 rings (SSSR count). The predicted molar refractivity (Wildman–Crippen MR) is 227 cm³/mol. The maximum absolute atomic E-state index is 15.6. The summed E-state index contributed by atoms with van der Waals surface area (Å²) in [5.74, 6) is 6.48. The van der Waals surface area contributed by atoms with Crippen molar-refractivity contribution in [2.75, 3.05) is 53.7 Å². The molecule has 4 unspecified atom stereocenters. The summed E-state index contributed by atoms with van der Waals surface area (Å²) in [5.41, 5.74) is 3.72. The SMILES string of the molecule is COC(=O)NC(C(=O)N1CCCC1c1ncc(-c2ccc(C#Cc3ccc(-c4cnc(C5CCCN5C(=O)C(NC(=O)OC)C5CCOCC5)[nH]4)c(F)c3)cc2)[nH]1)C1CCOCC1. The molecule has 4 aliphatic rings. The Hall–Kier alpha value is -6.25. The number of ether oxygens (including phenoxy) is 4. The number of likely N-dealkylation sites (tertiary alicyclic amines) is 2. The summed E-state index contributed by atoms with van der Waals surface area (Å²) < 4.78 is 36.3. The van der Waals surface area contributed by atoms with Gasteiger partial charge in [0.15, 0.2) is 0 Å². The summed E-state index contributed by atoms with van der Waals surface area (Å²) >= 11 is 0. The molecule has 0 aliphatic carbocycles. The molecule has 4 fully saturated rings. The van der Waals surface area contributed by atoms with Crippen LogP contribution in [0.1, 0.15) is 86.2 Å². The van der Waals surface area contributed by atoms with Crippen LogP contribution in [0.5, 0.6) is 0 Å². The third-order valence-electron chi connectivity index (χ3n) is 12.6. The molecule has 4 N–H and O–H groups in total. The van der Waals surface area contributed by atoms with Crippen molar-refractivity contribution in [2.24, 2.45) is 11.8 Å². The Bertz CT molecular complexity index is 2330. The largest absolute Gasteiger partial charge is 0.453 e. The van der Waals surface area contributed by atoms with Gasteiger partial charge in [0, 0.05) is 56.2 Å². The molecule has 2 aromatic heterocycles. The molecular formula is C46H53FN8O8. The van der Waals surface area contributed by atoms with Gasteiger partial charge in [-0.3, -0.25) is 9.59 Å². The highest BCUT2D eigenvalue weighted by atomic mass is 19.1. The molecule has 0 radical (unpaired) electrons. The van der Waals surface area contributed by atoms with Gasteiger partial charge in [-0.1, -0.05) is 24.0 Å². The van der Waals surface area contributed by atoms with E-state index in [1.165, 1.54) is 20.3 Å². The maximum Gasteiger partial charge on any atom is 0.407 e. The third-order valence-corrected chi connectivity index (χ3v) is 12.6. The fraction of sp³-hybridized carbons (Fsp3) is 0.478. The number of alkyl carbamates (subject to hydrolysis) is 2. The Morgan fingerprint density at radius 3 is 1.68 bits per heavy atom. The Labute approximate surface area is 365 Å². The Morgan fingerprint density at radius 1 is 0.698 bits per heavy atom. The number of carbonyl (C=O) groups excluding carboxylic acids is 4. The fourth-order valence-corrected chi connectivity index (χ4v) is 9.20. The summed E-state index contributed by atoms with van der Waals surface area (Å²) in [7, 11) is 2.57. The third kappa shape index (κ3) is 9.87. The average Bonchev–Trinajstić information content (AvgIpc) is 4.17. The number of imidazole rings is 2. The second-order valence-corrected chi connectivity index (χ2v) is 16.4. The molecule has 4 saturated heterocycles. The zero-order valence-corrected chi connectivity index (χ0v) is 35.5. The van der Waals surface area contributed by atoms with Gasteiger partial charge in [-0.05, 0) is 99.1 Å². The highest BCUT2D eigenvalue weighted by Gasteiger charge is 2.41. The lowest BCUT2D eigenvalue weighted by Crippen LogP contribution is -2.53. The van der Waals surface area contributed by atoms with Crippen LogP contribution < -0.4 is 10.6 Å². The molecule has 0 spiro atoms. The number of nitrogens with one attached hydrogen (secondary N) is 4. The second kappa shape index (κ2) is 19.9. The molecule has 4 aliphatic heterocycles. The van der Waals surface area contributed by atoms with E-state index in [9.17, 15) is 19.2 Å². The van der Waals surface area contributed by atoms with Crippen molar-refractivity contribution in [1.82, 2.24) is 40.4 Å². The van der Waals surface area contributed by atoms with Crippen molar-refractivity contribution < 1.29 is 42.5 Å². The van der Waals surface area contributed by atoms with Crippen molar-refractivity contribution in [3.63, 3.8) is 0 Å². The number of H-pyrrole nitrogens is 2. The molecule has 0 saturated carbocycles. The van der Waals surface area contributed by atoms with Gasteiger partial charge in [0.25, 0.3) is 0 Å². The number of aromatic nitrogens is 4. The molecular weight excluding hydrogens is 812 g/mol. The van der Waals surface area contributed by atoms with E-state index < -0.39 is 30.1 Å². The molecule has 332 valence electrons. The van der Waals surface area contributed by atoms with Crippen LogP contribution in [0.3, 0.4) is 0 Å². The first kappa shape index (κ1) is 43.4. The number of hydrogen-bond donors (Lipinski definition) is 4. The molecule has 0 bridgehead atoms. The van der Waals surface area contributed by atoms with Crippen LogP contribution in [-0.4, -0.2) is 120 Å². The van der Waals surface area contributed by atoms with E-state index in [0.717, 1.165) is 36.1 Å². The number of hydrogen-bond acceptors (Lipinski definition) is 10. The minimum atomic E-state index is -0.750. The molecule has 4 amide bonds. The highest BCUT2D eigenvalue weighted by Crippen LogP contribution is 2.36. The standard InChI is InChI=1S/C46H53FN8O8/c1-60-45(58)52-39(31-15-21-62-22-16-31)43(56)54-19-3-5-37(54)41-48-26-35(50-41)30-12-9-28(10-13-30)7-8-29-11-14-33(34(47)25-29)36-27-49-42(51-36)38-6-4-20-55(38)44(57)40(53-46(59)61-2)32-17-23-63-24-18-32/h9-14,25-27,31-32,37-40H,3-6,15-24H2,1-2H3,(H,48,50)(H,49,51)(H,52,58)(H,53,59). The molecule has 2 aromatic carbocycles. The molecule has 63 heavy (non-hydrogen) atoms. The number of aromatic amines is 2. The number of carbonyl (C=O) groups is 4. The van der Waals surface area contributed by atoms with Crippen LogP contribution >= 0.6 is 0 Å². The first-order valence-electron chi connectivity index (χ1n) is 21.7. The molecule has 17 heteroatoms. The number of rotatable bonds is 10. The van der Waals surface area contributed by atoms with Gasteiger partial charge < -0.3 is 49.3 Å². The highest BCUT2D eigenvalue weighted by molar-refractivity contribution is 5.87. The lowest BCUT2D eigenvalue weighted by atomic mass is 9.90. The predicted octanol–water partition coefficient (Wildman–Crippen LogP) is 5.64. The maximum atomic E-state index is 15.6. The molecule has 4 aromatic rings. The van der Waals surface area contributed by atoms with Crippen LogP contribution in [0.2, 0.25) is 0 Å². The van der Waals surface area contributed by atoms with Gasteiger partial charge >= 0.3 is 12.2 Å². The monoisotopic (exact) mass is 864 g/mol. The number of halogens is 1. The smallest absolute Gasteiger partial charge is 0.407 e. The van der Waals surface area contributed by atoms with Crippen molar-refractivity contribution in [3.8, 4) is 34.4 Å². The van der Waals surface area contributed by atoms with E-state index in [1.807, 2.05) is 29.2 Å². The number of amides is 4. The van der Waals surface area contributed by atoms with Crippen molar-refractivity contribution in [1.29, 1.82) is 0 Å². The van der Waals surface area contributed by atoms with Crippen LogP contribution in [0.25, 0.3) is 22.5 Å². The average molecular weight is 865 g/mol. The van der Waals surface area contributed by atoms with Crippen LogP contribution in [-0.2, 0) is 28.5 Å². The lowest BCUT2D eigenvalue weighted by molar-refractivity contribution is -0.137. The minimum Gasteiger partial charge on any atom is -0.453 e. The van der Waals surface area contributed by atoms with Crippen LogP contribution in [0.4, 0.5) is 14.0 Å². The van der Waals surface area contributed by atoms with Crippen molar-refractivity contribution >= 4 is 24.0 Å². The fourth-order valence-electron chi connectivity index (χ4n) is 9.20. The zero-order chi connectivity index (χ0) is 43.9. The van der Waals surface area contributed by atoms with Gasteiger partial charge in [-0.15, -0.1) is 0 Å². The summed E-state index contributed by atoms with van der Waals surface area (Å²) in [6.45, 7) is 3.19. The number of benzene rings is 2. The second-order valence-electron chi connectivity index (χ2n) is 16.4. The number of nitrogens with zero attached hydrogens (tertiary/aromatic N) is 4. The van der Waals surface area contributed by atoms with E-state index in [0.29, 0.717) is 100 Å². The van der Waals surface area contributed by atoms with Gasteiger partial charge in [-0.25, -0.2) is 23.9 Å². The minimum absolute atomic E-state index is 0.0499. The summed E-state index contributed by atoms with van der Waals surface area (Å²) in [4.78, 5) is 71.8. The van der Waals surface area contributed by atoms with E-state index in [1.54, 1.807) is 29.4 Å². The normalized spacial score (nSPS) is 20.4. The van der Waals surface area contributed by atoms with Gasteiger partial charge in [0.1, 0.15) is 29.5 Å². The Morgan fingerprint density at radius 2 is 1.17 bits per heavy atom. The first-order chi connectivity index (χ1) is 30.7. The molecule has 4 atom stereocenters. The van der Waals surface area contributed by atoms with Crippen molar-refractivity contribution in [2.45, 2.75) is 75.5 Å². The molecule has 6 heterocycles. The zero-order valence-electron chi connectivity index (χ0n) is 35.5. The number of methoxy groups -OCH3 is 2. The van der Waals surface area contributed by atoms with E-state index in [4.69, 9.17) is 18.9 Å². The quantitative estimate of drug-likeness (QED) is 0.145. The summed E-state index contributed by atoms with van der Waals surface area (Å²) in [6.07, 6.45) is 7.68. The topological polar surface area (TPSA) is 193 Å². The van der Waals surface area contributed by atoms with Gasteiger partial charge in [0.2, 0.25) is 11.8 Å². The van der Waals surface area contributed by atoms with Crippen molar-refractivity contribution in [3.05, 3.63) is 83.5 Å². The lowest BCUT2D eigenvalue weighted by Gasteiger charge is -2.34. The Kier molecular flexibility index (Phi) is 13.7. The summed E-state index contributed by atoms with van der Waals surface area (Å²) in [6, 6.07) is 10.4. The van der Waals surface area contributed by atoms with Crippen LogP contribution in [0.15, 0.2) is 54.9 Å². The van der Waals surface area contributed by atoms with Gasteiger partial charge in [0.05, 0.1) is 50.1 Å². The summed E-state index contributed by atoms with van der Waals surface area (Å²) in [5, 5.41) is 5.55. The van der Waals surface area contributed by atoms with Gasteiger partial charge in [-0.2, -0.15) is 0 Å². The Balaban J connectivity index is 0.905. The van der Waals surface area contributed by atoms with E-state index >= 15 is 4.39 Å².